The van der Waals surface area contributed by atoms with Crippen LogP contribution < -0.4 is 11.1 Å². The van der Waals surface area contributed by atoms with Crippen molar-refractivity contribution in [1.29, 1.82) is 0 Å². The van der Waals surface area contributed by atoms with Crippen molar-refractivity contribution < 1.29 is 9.66 Å². The molecule has 0 spiro atoms. The number of nitrogen functional groups attached to an aromatic ring is 1. The minimum atomic E-state index is -0.485. The van der Waals surface area contributed by atoms with E-state index in [9.17, 15) is 10.1 Å². The SMILES string of the molecule is CC(C)OCCNc1cccc(N)c1[N+](=O)[O-]. The van der Waals surface area contributed by atoms with Gasteiger partial charge in [-0.15, -0.1) is 0 Å². The molecule has 0 saturated heterocycles. The van der Waals surface area contributed by atoms with Gasteiger partial charge in [-0.2, -0.15) is 0 Å². The van der Waals surface area contributed by atoms with Crippen LogP contribution in [-0.2, 0) is 4.74 Å². The van der Waals surface area contributed by atoms with Crippen molar-refractivity contribution in [2.45, 2.75) is 20.0 Å². The molecule has 0 aromatic heterocycles. The topological polar surface area (TPSA) is 90.4 Å². The van der Waals surface area contributed by atoms with Gasteiger partial charge in [0.05, 0.1) is 17.6 Å². The number of nitrogens with zero attached hydrogens (tertiary/aromatic N) is 1. The predicted octanol–water partition coefficient (Wildman–Crippen LogP) is 2.01. The summed E-state index contributed by atoms with van der Waals surface area (Å²) in [6, 6.07) is 4.81. The lowest BCUT2D eigenvalue weighted by atomic mass is 10.2. The van der Waals surface area contributed by atoms with E-state index >= 15 is 0 Å². The number of para-hydroxylation sites is 1. The van der Waals surface area contributed by atoms with Gasteiger partial charge in [-0.25, -0.2) is 0 Å². The molecule has 0 aliphatic carbocycles. The summed E-state index contributed by atoms with van der Waals surface area (Å²) in [5.74, 6) is 0. The second-order valence-corrected chi connectivity index (χ2v) is 3.85. The first-order valence-corrected chi connectivity index (χ1v) is 5.40. The standard InChI is InChI=1S/C11H17N3O3/c1-8(2)17-7-6-13-10-5-3-4-9(12)11(10)14(15)16/h3-5,8,13H,6-7,12H2,1-2H3. The smallest absolute Gasteiger partial charge is 0.314 e. The maximum atomic E-state index is 10.8. The van der Waals surface area contributed by atoms with E-state index in [2.05, 4.69) is 5.32 Å². The average Bonchev–Trinajstić information content (AvgIpc) is 2.23. The van der Waals surface area contributed by atoms with Gasteiger partial charge in [0.25, 0.3) is 0 Å². The second-order valence-electron chi connectivity index (χ2n) is 3.85. The molecule has 0 bridgehead atoms. The minimum Gasteiger partial charge on any atom is -0.393 e. The van der Waals surface area contributed by atoms with Gasteiger partial charge in [0, 0.05) is 6.54 Å². The first-order valence-electron chi connectivity index (χ1n) is 5.40. The van der Waals surface area contributed by atoms with Crippen LogP contribution >= 0.6 is 0 Å². The molecule has 94 valence electrons. The molecule has 0 aliphatic heterocycles. The third-order valence-corrected chi connectivity index (χ3v) is 2.12. The third-order valence-electron chi connectivity index (χ3n) is 2.12. The summed E-state index contributed by atoms with van der Waals surface area (Å²) >= 11 is 0. The molecule has 1 rings (SSSR count). The van der Waals surface area contributed by atoms with E-state index in [1.54, 1.807) is 12.1 Å². The lowest BCUT2D eigenvalue weighted by Crippen LogP contribution is -2.14. The number of rotatable bonds is 6. The van der Waals surface area contributed by atoms with E-state index in [1.807, 2.05) is 13.8 Å². The van der Waals surface area contributed by atoms with Crippen molar-refractivity contribution >= 4 is 17.1 Å². The van der Waals surface area contributed by atoms with Crippen LogP contribution in [0.25, 0.3) is 0 Å². The number of ether oxygens (including phenoxy) is 1. The number of anilines is 2. The molecule has 1 aromatic rings. The van der Waals surface area contributed by atoms with Gasteiger partial charge < -0.3 is 15.8 Å². The van der Waals surface area contributed by atoms with Crippen LogP contribution in [0.4, 0.5) is 17.1 Å². The van der Waals surface area contributed by atoms with Gasteiger partial charge in [-0.1, -0.05) is 6.07 Å². The summed E-state index contributed by atoms with van der Waals surface area (Å²) in [7, 11) is 0. The van der Waals surface area contributed by atoms with Crippen molar-refractivity contribution in [3.63, 3.8) is 0 Å². The van der Waals surface area contributed by atoms with E-state index in [4.69, 9.17) is 10.5 Å². The predicted molar refractivity (Wildman–Crippen MR) is 67.1 cm³/mol. The van der Waals surface area contributed by atoms with Crippen molar-refractivity contribution in [3.05, 3.63) is 28.3 Å². The van der Waals surface area contributed by atoms with Crippen molar-refractivity contribution in [1.82, 2.24) is 0 Å². The fourth-order valence-electron chi connectivity index (χ4n) is 1.39. The molecule has 0 atom stereocenters. The molecular weight excluding hydrogens is 222 g/mol. The number of hydrogen-bond acceptors (Lipinski definition) is 5. The summed E-state index contributed by atoms with van der Waals surface area (Å²) in [6.45, 7) is 4.86. The molecule has 3 N–H and O–H groups in total. The zero-order chi connectivity index (χ0) is 12.8. The summed E-state index contributed by atoms with van der Waals surface area (Å²) < 4.78 is 5.33. The number of nitro benzene ring substituents is 1. The van der Waals surface area contributed by atoms with Gasteiger partial charge in [0.1, 0.15) is 11.4 Å². The highest BCUT2D eigenvalue weighted by Crippen LogP contribution is 2.30. The lowest BCUT2D eigenvalue weighted by molar-refractivity contribution is -0.383. The number of nitro groups is 1. The Morgan fingerprint density at radius 1 is 1.53 bits per heavy atom. The number of nitrogens with two attached hydrogens (primary N) is 1. The Morgan fingerprint density at radius 3 is 2.82 bits per heavy atom. The monoisotopic (exact) mass is 239 g/mol. The normalized spacial score (nSPS) is 10.5. The van der Waals surface area contributed by atoms with Crippen LogP contribution in [-0.4, -0.2) is 24.2 Å². The fraction of sp³-hybridized carbons (Fsp3) is 0.455. The molecule has 17 heavy (non-hydrogen) atoms. The molecule has 0 aliphatic rings. The lowest BCUT2D eigenvalue weighted by Gasteiger charge is -2.10. The maximum absolute atomic E-state index is 10.8. The largest absolute Gasteiger partial charge is 0.393 e. The molecular formula is C11H17N3O3. The van der Waals surface area contributed by atoms with Gasteiger partial charge >= 0.3 is 5.69 Å². The molecule has 6 heteroatoms. The molecule has 6 nitrogen and oxygen atoms in total. The molecule has 0 unspecified atom stereocenters. The van der Waals surface area contributed by atoms with Crippen LogP contribution in [0.15, 0.2) is 18.2 Å². The highest BCUT2D eigenvalue weighted by molar-refractivity contribution is 5.74. The second kappa shape index (κ2) is 6.05. The van der Waals surface area contributed by atoms with Crippen molar-refractivity contribution in [2.24, 2.45) is 0 Å². The summed E-state index contributed by atoms with van der Waals surface area (Å²) in [5, 5.41) is 13.8. The first kappa shape index (κ1) is 13.2. The van der Waals surface area contributed by atoms with Gasteiger partial charge in [-0.3, -0.25) is 10.1 Å². The average molecular weight is 239 g/mol. The van der Waals surface area contributed by atoms with Crippen LogP contribution in [0, 0.1) is 10.1 Å². The first-order chi connectivity index (χ1) is 8.02. The highest BCUT2D eigenvalue weighted by Gasteiger charge is 2.16. The third kappa shape index (κ3) is 3.92. The molecule has 0 radical (unpaired) electrons. The van der Waals surface area contributed by atoms with E-state index in [-0.39, 0.29) is 17.5 Å². The highest BCUT2D eigenvalue weighted by atomic mass is 16.6. The maximum Gasteiger partial charge on any atom is 0.314 e. The minimum absolute atomic E-state index is 0.0861. The number of benzene rings is 1. The molecule has 0 heterocycles. The van der Waals surface area contributed by atoms with Crippen molar-refractivity contribution in [3.8, 4) is 0 Å². The molecule has 0 saturated carbocycles. The summed E-state index contributed by atoms with van der Waals surface area (Å²) in [4.78, 5) is 10.4. The Hall–Kier alpha value is -1.82. The van der Waals surface area contributed by atoms with Gasteiger partial charge in [0.2, 0.25) is 0 Å². The van der Waals surface area contributed by atoms with Crippen LogP contribution in [0.5, 0.6) is 0 Å². The molecule has 1 aromatic carbocycles. The van der Waals surface area contributed by atoms with Gasteiger partial charge in [0.15, 0.2) is 0 Å². The van der Waals surface area contributed by atoms with E-state index in [0.29, 0.717) is 18.8 Å². The van der Waals surface area contributed by atoms with Gasteiger partial charge in [-0.05, 0) is 26.0 Å². The van der Waals surface area contributed by atoms with Crippen molar-refractivity contribution in [2.75, 3.05) is 24.2 Å². The number of nitrogens with one attached hydrogen (secondary N) is 1. The quantitative estimate of drug-likeness (QED) is 0.343. The Morgan fingerprint density at radius 2 is 2.24 bits per heavy atom. The van der Waals surface area contributed by atoms with E-state index in [0.717, 1.165) is 0 Å². The molecule has 0 fully saturated rings. The van der Waals surface area contributed by atoms with Crippen LogP contribution in [0.1, 0.15) is 13.8 Å². The Bertz CT molecular complexity index is 394. The summed E-state index contributed by atoms with van der Waals surface area (Å²) in [6.07, 6.45) is 0.146. The van der Waals surface area contributed by atoms with E-state index < -0.39 is 4.92 Å². The van der Waals surface area contributed by atoms with Crippen LogP contribution in [0.2, 0.25) is 0 Å². The summed E-state index contributed by atoms with van der Waals surface area (Å²) in [5.41, 5.74) is 6.05. The Kier molecular flexibility index (Phi) is 4.71. The van der Waals surface area contributed by atoms with E-state index in [1.165, 1.54) is 6.07 Å². The Balaban J connectivity index is 2.64. The van der Waals surface area contributed by atoms with Crippen LogP contribution in [0.3, 0.4) is 0 Å². The Labute approximate surface area is 99.9 Å². The zero-order valence-corrected chi connectivity index (χ0v) is 9.97. The fourth-order valence-corrected chi connectivity index (χ4v) is 1.39. The zero-order valence-electron chi connectivity index (χ0n) is 9.97. The molecule has 0 amide bonds. The number of hydrogen-bond donors (Lipinski definition) is 2.